The lowest BCUT2D eigenvalue weighted by Crippen LogP contribution is -2.45. The van der Waals surface area contributed by atoms with E-state index in [9.17, 15) is 9.18 Å². The van der Waals surface area contributed by atoms with E-state index in [0.29, 0.717) is 19.1 Å². The van der Waals surface area contributed by atoms with Crippen molar-refractivity contribution in [3.05, 3.63) is 35.6 Å². The van der Waals surface area contributed by atoms with E-state index in [1.165, 1.54) is 13.2 Å². The number of nitrogens with zero attached hydrogens (tertiary/aromatic N) is 1. The molecule has 0 aliphatic carbocycles. The van der Waals surface area contributed by atoms with Gasteiger partial charge in [0.2, 0.25) is 0 Å². The van der Waals surface area contributed by atoms with Crippen LogP contribution in [-0.2, 0) is 4.74 Å². The second-order valence-corrected chi connectivity index (χ2v) is 5.38. The summed E-state index contributed by atoms with van der Waals surface area (Å²) in [4.78, 5) is 13.2. The summed E-state index contributed by atoms with van der Waals surface area (Å²) >= 11 is 0. The van der Waals surface area contributed by atoms with Gasteiger partial charge in [0.25, 0.3) is 0 Å². The fourth-order valence-electron chi connectivity index (χ4n) is 2.83. The lowest BCUT2D eigenvalue weighted by atomic mass is 9.99. The maximum absolute atomic E-state index is 13.9. The molecule has 1 amide bonds. The van der Waals surface area contributed by atoms with Gasteiger partial charge < -0.3 is 15.0 Å². The Kier molecular flexibility index (Phi) is 5.56. The van der Waals surface area contributed by atoms with Crippen LogP contribution in [0, 0.1) is 5.82 Å². The number of likely N-dealkylation sites (tertiary alicyclic amines) is 1. The number of rotatable bonds is 4. The van der Waals surface area contributed by atoms with E-state index in [2.05, 4.69) is 5.32 Å². The van der Waals surface area contributed by atoms with Crippen molar-refractivity contribution in [3.8, 4) is 0 Å². The van der Waals surface area contributed by atoms with E-state index < -0.39 is 0 Å². The number of hydrogen-bond donors (Lipinski definition) is 1. The Hall–Kier alpha value is -1.62. The zero-order valence-corrected chi connectivity index (χ0v) is 12.6. The molecule has 0 bridgehead atoms. The number of methoxy groups -OCH3 is 1. The van der Waals surface area contributed by atoms with Crippen LogP contribution in [0.2, 0.25) is 0 Å². The second-order valence-electron chi connectivity index (χ2n) is 5.38. The Morgan fingerprint density at radius 1 is 1.43 bits per heavy atom. The van der Waals surface area contributed by atoms with Gasteiger partial charge in [0.05, 0.1) is 7.11 Å². The summed E-state index contributed by atoms with van der Waals surface area (Å²) in [5, 5.41) is 3.52. The Morgan fingerprint density at radius 3 is 2.67 bits per heavy atom. The molecule has 0 radical (unpaired) electrons. The third kappa shape index (κ3) is 3.94. The smallest absolute Gasteiger partial charge is 0.409 e. The lowest BCUT2D eigenvalue weighted by molar-refractivity contribution is 0.108. The highest BCUT2D eigenvalue weighted by Gasteiger charge is 2.25. The molecule has 1 aromatic carbocycles. The van der Waals surface area contributed by atoms with Crippen molar-refractivity contribution in [1.82, 2.24) is 10.2 Å². The fourth-order valence-corrected chi connectivity index (χ4v) is 2.83. The molecule has 1 aliphatic rings. The molecule has 0 aromatic heterocycles. The predicted octanol–water partition coefficient (Wildman–Crippen LogP) is 3.10. The largest absolute Gasteiger partial charge is 0.453 e. The molecule has 0 spiro atoms. The average molecular weight is 294 g/mol. The molecule has 4 nitrogen and oxygen atoms in total. The van der Waals surface area contributed by atoms with Crippen LogP contribution in [0.25, 0.3) is 0 Å². The first-order valence-corrected chi connectivity index (χ1v) is 7.49. The highest BCUT2D eigenvalue weighted by Crippen LogP contribution is 2.22. The van der Waals surface area contributed by atoms with Crippen molar-refractivity contribution in [2.24, 2.45) is 0 Å². The fraction of sp³-hybridized carbons (Fsp3) is 0.562. The highest BCUT2D eigenvalue weighted by atomic mass is 19.1. The molecule has 1 aromatic rings. The maximum atomic E-state index is 13.9. The van der Waals surface area contributed by atoms with Gasteiger partial charge in [-0.05, 0) is 25.3 Å². The molecule has 116 valence electrons. The first kappa shape index (κ1) is 15.8. The number of ether oxygens (including phenoxy) is 1. The summed E-state index contributed by atoms with van der Waals surface area (Å²) in [7, 11) is 1.40. The number of carbonyl (C=O) groups is 1. The zero-order chi connectivity index (χ0) is 15.2. The topological polar surface area (TPSA) is 41.6 Å². The predicted molar refractivity (Wildman–Crippen MR) is 79.6 cm³/mol. The van der Waals surface area contributed by atoms with Crippen molar-refractivity contribution in [3.63, 3.8) is 0 Å². The molecule has 1 saturated heterocycles. The Morgan fingerprint density at radius 2 is 2.10 bits per heavy atom. The van der Waals surface area contributed by atoms with E-state index in [1.54, 1.807) is 11.0 Å². The number of carbonyl (C=O) groups excluding carboxylic acids is 1. The van der Waals surface area contributed by atoms with Crippen LogP contribution in [0.15, 0.2) is 24.3 Å². The van der Waals surface area contributed by atoms with Crippen molar-refractivity contribution >= 4 is 6.09 Å². The molecule has 5 heteroatoms. The summed E-state index contributed by atoms with van der Waals surface area (Å²) < 4.78 is 18.6. The van der Waals surface area contributed by atoms with Crippen LogP contribution in [0.1, 0.15) is 37.8 Å². The number of nitrogens with one attached hydrogen (secondary N) is 1. The summed E-state index contributed by atoms with van der Waals surface area (Å²) in [5.41, 5.74) is 0.718. The minimum absolute atomic E-state index is 0.0147. The van der Waals surface area contributed by atoms with Gasteiger partial charge in [-0.25, -0.2) is 9.18 Å². The van der Waals surface area contributed by atoms with Crippen molar-refractivity contribution in [2.45, 2.75) is 38.3 Å². The van der Waals surface area contributed by atoms with Gasteiger partial charge in [-0.15, -0.1) is 0 Å². The van der Waals surface area contributed by atoms with Gasteiger partial charge in [0.15, 0.2) is 0 Å². The quantitative estimate of drug-likeness (QED) is 0.928. The standard InChI is InChI=1S/C16H23FN2O2/c1-3-15(13-6-4-5-7-14(13)17)18-12-8-10-19(11-9-12)16(20)21-2/h4-7,12,15,18H,3,8-11H2,1-2H3. The van der Waals surface area contributed by atoms with E-state index in [-0.39, 0.29) is 18.0 Å². The van der Waals surface area contributed by atoms with Crippen LogP contribution in [0.4, 0.5) is 9.18 Å². The van der Waals surface area contributed by atoms with E-state index in [1.807, 2.05) is 19.1 Å². The first-order valence-electron chi connectivity index (χ1n) is 7.49. The van der Waals surface area contributed by atoms with Crippen molar-refractivity contribution in [1.29, 1.82) is 0 Å². The van der Waals surface area contributed by atoms with Crippen LogP contribution in [-0.4, -0.2) is 37.2 Å². The summed E-state index contributed by atoms with van der Waals surface area (Å²) in [6, 6.07) is 7.22. The van der Waals surface area contributed by atoms with Crippen LogP contribution >= 0.6 is 0 Å². The minimum atomic E-state index is -0.269. The van der Waals surface area contributed by atoms with E-state index >= 15 is 0 Å². The molecule has 1 aliphatic heterocycles. The molecule has 1 N–H and O–H groups in total. The normalized spacial score (nSPS) is 17.6. The first-order chi connectivity index (χ1) is 10.2. The van der Waals surface area contributed by atoms with Crippen LogP contribution < -0.4 is 5.32 Å². The molecular formula is C16H23FN2O2. The molecule has 1 fully saturated rings. The average Bonchev–Trinajstić information content (AvgIpc) is 2.53. The van der Waals surface area contributed by atoms with E-state index in [0.717, 1.165) is 24.8 Å². The molecule has 0 saturated carbocycles. The summed E-state index contributed by atoms with van der Waals surface area (Å²) in [6.07, 6.45) is 2.28. The van der Waals surface area contributed by atoms with Gasteiger partial charge in [-0.1, -0.05) is 25.1 Å². The number of amides is 1. The van der Waals surface area contributed by atoms with Gasteiger partial charge in [-0.2, -0.15) is 0 Å². The molecular weight excluding hydrogens is 271 g/mol. The van der Waals surface area contributed by atoms with Gasteiger partial charge in [0.1, 0.15) is 5.82 Å². The molecule has 1 atom stereocenters. The van der Waals surface area contributed by atoms with Crippen molar-refractivity contribution in [2.75, 3.05) is 20.2 Å². The van der Waals surface area contributed by atoms with Gasteiger partial charge in [0, 0.05) is 30.7 Å². The third-order valence-electron chi connectivity index (χ3n) is 4.05. The van der Waals surface area contributed by atoms with E-state index in [4.69, 9.17) is 4.74 Å². The summed E-state index contributed by atoms with van der Waals surface area (Å²) in [6.45, 7) is 3.41. The highest BCUT2D eigenvalue weighted by molar-refractivity contribution is 5.67. The molecule has 21 heavy (non-hydrogen) atoms. The number of hydrogen-bond acceptors (Lipinski definition) is 3. The SMILES string of the molecule is CCC(NC1CCN(C(=O)OC)CC1)c1ccccc1F. The third-order valence-corrected chi connectivity index (χ3v) is 4.05. The monoisotopic (exact) mass is 294 g/mol. The van der Waals surface area contributed by atoms with Crippen molar-refractivity contribution < 1.29 is 13.9 Å². The molecule has 2 rings (SSSR count). The van der Waals surface area contributed by atoms with Crippen LogP contribution in [0.3, 0.4) is 0 Å². The second kappa shape index (κ2) is 7.41. The van der Waals surface area contributed by atoms with Gasteiger partial charge in [-0.3, -0.25) is 0 Å². The molecule has 1 unspecified atom stereocenters. The number of piperidine rings is 1. The maximum Gasteiger partial charge on any atom is 0.409 e. The lowest BCUT2D eigenvalue weighted by Gasteiger charge is -2.33. The Bertz CT molecular complexity index is 473. The minimum Gasteiger partial charge on any atom is -0.453 e. The Balaban J connectivity index is 1.92. The molecule has 1 heterocycles. The Labute approximate surface area is 125 Å². The number of halogens is 1. The van der Waals surface area contributed by atoms with Gasteiger partial charge >= 0.3 is 6.09 Å². The van der Waals surface area contributed by atoms with Crippen LogP contribution in [0.5, 0.6) is 0 Å². The number of benzene rings is 1. The zero-order valence-electron chi connectivity index (χ0n) is 12.6. The summed E-state index contributed by atoms with van der Waals surface area (Å²) in [5.74, 6) is -0.163.